The fourth-order valence-corrected chi connectivity index (χ4v) is 1.97. The molecule has 0 amide bonds. The van der Waals surface area contributed by atoms with Crippen LogP contribution in [0.2, 0.25) is 0 Å². The Hall–Kier alpha value is -1.55. The summed E-state index contributed by atoms with van der Waals surface area (Å²) < 4.78 is 5.70. The van der Waals surface area contributed by atoms with Crippen LogP contribution in [0.3, 0.4) is 0 Å². The zero-order chi connectivity index (χ0) is 14.1. The Morgan fingerprint density at radius 2 is 2.05 bits per heavy atom. The second-order valence-corrected chi connectivity index (χ2v) is 4.64. The summed E-state index contributed by atoms with van der Waals surface area (Å²) in [6.45, 7) is 6.37. The van der Waals surface area contributed by atoms with Gasteiger partial charge in [-0.1, -0.05) is 25.1 Å². The van der Waals surface area contributed by atoms with Crippen LogP contribution in [-0.2, 0) is 4.79 Å². The maximum atomic E-state index is 10.7. The lowest BCUT2D eigenvalue weighted by atomic mass is 10.2. The van der Waals surface area contributed by atoms with Crippen LogP contribution in [0.1, 0.15) is 25.3 Å². The summed E-state index contributed by atoms with van der Waals surface area (Å²) in [5.41, 5.74) is 1.12. The topological polar surface area (TPSA) is 49.8 Å². The van der Waals surface area contributed by atoms with Crippen LogP contribution in [0.15, 0.2) is 24.3 Å². The molecule has 0 bridgehead atoms. The smallest absolute Gasteiger partial charge is 0.317 e. The highest BCUT2D eigenvalue weighted by atomic mass is 16.5. The molecule has 0 spiro atoms. The van der Waals surface area contributed by atoms with Crippen LogP contribution in [0.4, 0.5) is 0 Å². The molecule has 4 nitrogen and oxygen atoms in total. The molecule has 0 fully saturated rings. The zero-order valence-electron chi connectivity index (χ0n) is 11.8. The van der Waals surface area contributed by atoms with Crippen molar-refractivity contribution in [3.63, 3.8) is 0 Å². The third-order valence-corrected chi connectivity index (χ3v) is 2.87. The van der Waals surface area contributed by atoms with Crippen molar-refractivity contribution in [3.8, 4) is 5.75 Å². The number of carbonyl (C=O) groups is 1. The van der Waals surface area contributed by atoms with Crippen LogP contribution in [0, 0.1) is 6.92 Å². The average Bonchev–Trinajstić information content (AvgIpc) is 2.36. The summed E-state index contributed by atoms with van der Waals surface area (Å²) in [6, 6.07) is 7.91. The Morgan fingerprint density at radius 1 is 1.32 bits per heavy atom. The van der Waals surface area contributed by atoms with Gasteiger partial charge in [-0.25, -0.2) is 0 Å². The monoisotopic (exact) mass is 265 g/mol. The molecule has 1 rings (SSSR count). The number of aryl methyl sites for hydroxylation is 1. The molecule has 4 heteroatoms. The molecule has 0 saturated carbocycles. The van der Waals surface area contributed by atoms with Crippen molar-refractivity contribution in [2.45, 2.75) is 26.7 Å². The van der Waals surface area contributed by atoms with Gasteiger partial charge in [-0.05, 0) is 37.9 Å². The van der Waals surface area contributed by atoms with E-state index in [2.05, 4.69) is 6.92 Å². The number of carboxylic acids is 1. The van der Waals surface area contributed by atoms with E-state index in [0.717, 1.165) is 37.2 Å². The van der Waals surface area contributed by atoms with Gasteiger partial charge in [-0.15, -0.1) is 0 Å². The summed E-state index contributed by atoms with van der Waals surface area (Å²) in [6.07, 6.45) is 1.80. The minimum absolute atomic E-state index is 0.109. The first-order valence-corrected chi connectivity index (χ1v) is 6.76. The average molecular weight is 265 g/mol. The van der Waals surface area contributed by atoms with E-state index in [1.807, 2.05) is 36.1 Å². The summed E-state index contributed by atoms with van der Waals surface area (Å²) in [4.78, 5) is 12.7. The van der Waals surface area contributed by atoms with Crippen LogP contribution in [-0.4, -0.2) is 42.2 Å². The number of nitrogens with zero attached hydrogens (tertiary/aromatic N) is 1. The van der Waals surface area contributed by atoms with Crippen molar-refractivity contribution < 1.29 is 14.6 Å². The molecule has 1 N–H and O–H groups in total. The SMILES string of the molecule is CCCN(CCCOc1ccccc1C)CC(=O)O. The summed E-state index contributed by atoms with van der Waals surface area (Å²) in [7, 11) is 0. The van der Waals surface area contributed by atoms with Crippen molar-refractivity contribution in [2.75, 3.05) is 26.2 Å². The van der Waals surface area contributed by atoms with Gasteiger partial charge in [-0.2, -0.15) is 0 Å². The maximum absolute atomic E-state index is 10.7. The number of hydrogen-bond donors (Lipinski definition) is 1. The van der Waals surface area contributed by atoms with E-state index in [4.69, 9.17) is 9.84 Å². The quantitative estimate of drug-likeness (QED) is 0.697. The van der Waals surface area contributed by atoms with E-state index in [-0.39, 0.29) is 6.54 Å². The van der Waals surface area contributed by atoms with E-state index in [0.29, 0.717) is 6.61 Å². The molecule has 1 aromatic carbocycles. The van der Waals surface area contributed by atoms with Crippen molar-refractivity contribution in [1.29, 1.82) is 0 Å². The molecule has 0 heterocycles. The lowest BCUT2D eigenvalue weighted by Gasteiger charge is -2.19. The van der Waals surface area contributed by atoms with E-state index < -0.39 is 5.97 Å². The fourth-order valence-electron chi connectivity index (χ4n) is 1.97. The third kappa shape index (κ3) is 6.25. The molecule has 106 valence electrons. The fraction of sp³-hybridized carbons (Fsp3) is 0.533. The molecule has 0 aliphatic carbocycles. The Bertz CT molecular complexity index is 393. The normalized spacial score (nSPS) is 10.7. The summed E-state index contributed by atoms with van der Waals surface area (Å²) in [5.74, 6) is 0.135. The predicted molar refractivity (Wildman–Crippen MR) is 75.7 cm³/mol. The van der Waals surface area contributed by atoms with Gasteiger partial charge in [0.05, 0.1) is 13.2 Å². The Balaban J connectivity index is 2.28. The standard InChI is InChI=1S/C15H23NO3/c1-3-9-16(12-15(17)18)10-6-11-19-14-8-5-4-7-13(14)2/h4-5,7-8H,3,6,9-12H2,1-2H3,(H,17,18). The number of ether oxygens (including phenoxy) is 1. The second kappa shape index (κ2) is 8.53. The first-order valence-electron chi connectivity index (χ1n) is 6.76. The minimum Gasteiger partial charge on any atom is -0.493 e. The molecular weight excluding hydrogens is 242 g/mol. The predicted octanol–water partition coefficient (Wildman–Crippen LogP) is 2.56. The van der Waals surface area contributed by atoms with Crippen molar-refractivity contribution in [2.24, 2.45) is 0 Å². The molecule has 0 radical (unpaired) electrons. The molecule has 19 heavy (non-hydrogen) atoms. The van der Waals surface area contributed by atoms with Crippen LogP contribution in [0.5, 0.6) is 5.75 Å². The zero-order valence-corrected chi connectivity index (χ0v) is 11.8. The maximum Gasteiger partial charge on any atom is 0.317 e. The molecule has 0 aliphatic rings. The molecule has 0 aliphatic heterocycles. The third-order valence-electron chi connectivity index (χ3n) is 2.87. The van der Waals surface area contributed by atoms with Crippen molar-refractivity contribution in [3.05, 3.63) is 29.8 Å². The number of benzene rings is 1. The molecule has 1 aromatic rings. The van der Waals surface area contributed by atoms with Crippen LogP contribution in [0.25, 0.3) is 0 Å². The first-order chi connectivity index (χ1) is 9.13. The lowest BCUT2D eigenvalue weighted by Crippen LogP contribution is -2.32. The molecule has 0 saturated heterocycles. The highest BCUT2D eigenvalue weighted by molar-refractivity contribution is 5.69. The van der Waals surface area contributed by atoms with Gasteiger partial charge in [0, 0.05) is 6.54 Å². The van der Waals surface area contributed by atoms with Gasteiger partial charge in [0.15, 0.2) is 0 Å². The van der Waals surface area contributed by atoms with Gasteiger partial charge in [-0.3, -0.25) is 9.69 Å². The Kier molecular flexibility index (Phi) is 6.97. The Labute approximate surface area is 115 Å². The van der Waals surface area contributed by atoms with Crippen molar-refractivity contribution in [1.82, 2.24) is 4.90 Å². The molecule has 0 aromatic heterocycles. The van der Waals surface area contributed by atoms with Crippen molar-refractivity contribution >= 4 is 5.97 Å². The van der Waals surface area contributed by atoms with E-state index >= 15 is 0 Å². The van der Waals surface area contributed by atoms with Gasteiger partial charge in [0.25, 0.3) is 0 Å². The number of carboxylic acid groups (broad SMARTS) is 1. The highest BCUT2D eigenvalue weighted by Crippen LogP contribution is 2.16. The van der Waals surface area contributed by atoms with Crippen LogP contribution < -0.4 is 4.74 Å². The highest BCUT2D eigenvalue weighted by Gasteiger charge is 2.08. The minimum atomic E-state index is -0.770. The largest absolute Gasteiger partial charge is 0.493 e. The van der Waals surface area contributed by atoms with E-state index in [1.54, 1.807) is 0 Å². The number of rotatable bonds is 9. The van der Waals surface area contributed by atoms with Crippen LogP contribution >= 0.6 is 0 Å². The number of aliphatic carboxylic acids is 1. The van der Waals surface area contributed by atoms with Gasteiger partial charge < -0.3 is 9.84 Å². The van der Waals surface area contributed by atoms with Gasteiger partial charge in [0.1, 0.15) is 5.75 Å². The van der Waals surface area contributed by atoms with E-state index in [9.17, 15) is 4.79 Å². The molecular formula is C15H23NO3. The van der Waals surface area contributed by atoms with E-state index in [1.165, 1.54) is 0 Å². The molecule has 0 unspecified atom stereocenters. The Morgan fingerprint density at radius 3 is 2.68 bits per heavy atom. The van der Waals surface area contributed by atoms with Gasteiger partial charge >= 0.3 is 5.97 Å². The second-order valence-electron chi connectivity index (χ2n) is 4.64. The number of hydrogen-bond acceptors (Lipinski definition) is 3. The lowest BCUT2D eigenvalue weighted by molar-refractivity contribution is -0.138. The number of para-hydroxylation sites is 1. The summed E-state index contributed by atoms with van der Waals surface area (Å²) >= 11 is 0. The first kappa shape index (κ1) is 15.5. The molecule has 0 atom stereocenters. The summed E-state index contributed by atoms with van der Waals surface area (Å²) in [5, 5.41) is 8.81. The van der Waals surface area contributed by atoms with Gasteiger partial charge in [0.2, 0.25) is 0 Å².